The molecule has 1 fully saturated rings. The molecule has 1 aliphatic heterocycles. The Balaban J connectivity index is 2.02. The molecule has 0 spiro atoms. The molecule has 1 aromatic carbocycles. The van der Waals surface area contributed by atoms with E-state index in [0.29, 0.717) is 17.0 Å². The molecule has 0 aliphatic carbocycles. The van der Waals surface area contributed by atoms with Gasteiger partial charge in [-0.25, -0.2) is 9.37 Å². The lowest BCUT2D eigenvalue weighted by Gasteiger charge is -2.22. The molecule has 1 atom stereocenters. The molecule has 0 saturated carbocycles. The molecule has 6 heteroatoms. The van der Waals surface area contributed by atoms with Crippen molar-refractivity contribution in [3.8, 4) is 10.4 Å². The molecule has 2 heterocycles. The second-order valence-electron chi connectivity index (χ2n) is 5.37. The van der Waals surface area contributed by atoms with E-state index >= 15 is 0 Å². The van der Waals surface area contributed by atoms with Gasteiger partial charge in [0.05, 0.1) is 22.5 Å². The summed E-state index contributed by atoms with van der Waals surface area (Å²) < 4.78 is 14.1. The maximum absolute atomic E-state index is 14.1. The van der Waals surface area contributed by atoms with Crippen LogP contribution in [-0.2, 0) is 0 Å². The summed E-state index contributed by atoms with van der Waals surface area (Å²) in [6.07, 6.45) is 1.66. The Morgan fingerprint density at radius 1 is 1.50 bits per heavy atom. The van der Waals surface area contributed by atoms with E-state index in [1.165, 1.54) is 17.4 Å². The lowest BCUT2D eigenvalue weighted by molar-refractivity contribution is 0.0673. The third kappa shape index (κ3) is 2.64. The number of thiazole rings is 1. The molecule has 0 unspecified atom stereocenters. The SMILES string of the molecule is Cc1nc(C(=O)N2CCC[C@H]2CO)c(-c2ccccc2F)s1. The van der Waals surface area contributed by atoms with Crippen molar-refractivity contribution in [3.05, 3.63) is 40.8 Å². The van der Waals surface area contributed by atoms with Crippen LogP contribution in [0.3, 0.4) is 0 Å². The van der Waals surface area contributed by atoms with Crippen LogP contribution in [0.15, 0.2) is 24.3 Å². The minimum Gasteiger partial charge on any atom is -0.394 e. The summed E-state index contributed by atoms with van der Waals surface area (Å²) in [5, 5.41) is 10.1. The van der Waals surface area contributed by atoms with Crippen LogP contribution in [0, 0.1) is 12.7 Å². The maximum Gasteiger partial charge on any atom is 0.274 e. The van der Waals surface area contributed by atoms with Gasteiger partial charge in [-0.3, -0.25) is 4.79 Å². The van der Waals surface area contributed by atoms with Gasteiger partial charge in [-0.1, -0.05) is 18.2 Å². The van der Waals surface area contributed by atoms with E-state index < -0.39 is 0 Å². The second-order valence-corrected chi connectivity index (χ2v) is 6.57. The summed E-state index contributed by atoms with van der Waals surface area (Å²) in [7, 11) is 0. The Morgan fingerprint density at radius 3 is 3.00 bits per heavy atom. The van der Waals surface area contributed by atoms with Gasteiger partial charge in [-0.15, -0.1) is 11.3 Å². The van der Waals surface area contributed by atoms with Crippen LogP contribution in [0.5, 0.6) is 0 Å². The molecule has 1 aliphatic rings. The average Bonchev–Trinajstić information content (AvgIpc) is 3.13. The summed E-state index contributed by atoms with van der Waals surface area (Å²) in [5.41, 5.74) is 0.684. The number of carbonyl (C=O) groups excluding carboxylic acids is 1. The number of aliphatic hydroxyl groups excluding tert-OH is 1. The van der Waals surface area contributed by atoms with Gasteiger partial charge in [-0.2, -0.15) is 0 Å². The second kappa shape index (κ2) is 6.14. The van der Waals surface area contributed by atoms with Gasteiger partial charge in [0.2, 0.25) is 0 Å². The summed E-state index contributed by atoms with van der Waals surface area (Å²) in [6, 6.07) is 6.24. The minimum absolute atomic E-state index is 0.0517. The molecule has 2 aromatic rings. The van der Waals surface area contributed by atoms with E-state index in [9.17, 15) is 14.3 Å². The largest absolute Gasteiger partial charge is 0.394 e. The molecule has 3 rings (SSSR count). The highest BCUT2D eigenvalue weighted by molar-refractivity contribution is 7.15. The summed E-state index contributed by atoms with van der Waals surface area (Å²) in [5.74, 6) is -0.584. The van der Waals surface area contributed by atoms with Crippen LogP contribution >= 0.6 is 11.3 Å². The number of carbonyl (C=O) groups is 1. The molecule has 116 valence electrons. The smallest absolute Gasteiger partial charge is 0.274 e. The fourth-order valence-electron chi connectivity index (χ4n) is 2.83. The monoisotopic (exact) mass is 320 g/mol. The number of aryl methyl sites for hydroxylation is 1. The Morgan fingerprint density at radius 2 is 2.27 bits per heavy atom. The van der Waals surface area contributed by atoms with Gasteiger partial charge in [0.15, 0.2) is 0 Å². The van der Waals surface area contributed by atoms with Crippen molar-refractivity contribution in [2.75, 3.05) is 13.2 Å². The van der Waals surface area contributed by atoms with E-state index in [-0.39, 0.29) is 30.1 Å². The number of aliphatic hydroxyl groups is 1. The van der Waals surface area contributed by atoms with Crippen molar-refractivity contribution in [1.82, 2.24) is 9.88 Å². The molecular formula is C16H17FN2O2S. The lowest BCUT2D eigenvalue weighted by Crippen LogP contribution is -2.38. The first-order valence-corrected chi connectivity index (χ1v) is 8.07. The van der Waals surface area contributed by atoms with Crippen LogP contribution < -0.4 is 0 Å². The predicted octanol–water partition coefficient (Wildman–Crippen LogP) is 2.85. The summed E-state index contributed by atoms with van der Waals surface area (Å²) in [6.45, 7) is 2.36. The number of benzene rings is 1. The van der Waals surface area contributed by atoms with Gasteiger partial charge >= 0.3 is 0 Å². The standard InChI is InChI=1S/C16H17FN2O2S/c1-10-18-14(16(21)19-8-4-5-11(19)9-20)15(22-10)12-6-2-3-7-13(12)17/h2-3,6-7,11,20H,4-5,8-9H2,1H3/t11-/m0/s1. The Kier molecular flexibility index (Phi) is 4.22. The van der Waals surface area contributed by atoms with Crippen molar-refractivity contribution >= 4 is 17.2 Å². The number of hydrogen-bond donors (Lipinski definition) is 1. The average molecular weight is 320 g/mol. The van der Waals surface area contributed by atoms with Gasteiger partial charge < -0.3 is 10.0 Å². The van der Waals surface area contributed by atoms with E-state index in [1.54, 1.807) is 30.0 Å². The summed E-state index contributed by atoms with van der Waals surface area (Å²) >= 11 is 1.32. The Bertz CT molecular complexity index is 701. The van der Waals surface area contributed by atoms with Crippen LogP contribution in [0.1, 0.15) is 28.3 Å². The van der Waals surface area contributed by atoms with Gasteiger partial charge in [0, 0.05) is 12.1 Å². The van der Waals surface area contributed by atoms with Crippen molar-refractivity contribution < 1.29 is 14.3 Å². The number of aromatic nitrogens is 1. The molecule has 4 nitrogen and oxygen atoms in total. The van der Waals surface area contributed by atoms with Crippen molar-refractivity contribution in [1.29, 1.82) is 0 Å². The molecule has 22 heavy (non-hydrogen) atoms. The first kappa shape index (κ1) is 15.1. The highest BCUT2D eigenvalue weighted by Crippen LogP contribution is 2.33. The number of rotatable bonds is 3. The Labute approximate surface area is 132 Å². The Hall–Kier alpha value is -1.79. The van der Waals surface area contributed by atoms with E-state index in [1.807, 2.05) is 0 Å². The van der Waals surface area contributed by atoms with Gasteiger partial charge in [0.1, 0.15) is 11.5 Å². The fraction of sp³-hybridized carbons (Fsp3) is 0.375. The van der Waals surface area contributed by atoms with E-state index in [0.717, 1.165) is 17.8 Å². The van der Waals surface area contributed by atoms with Crippen molar-refractivity contribution in [2.24, 2.45) is 0 Å². The quantitative estimate of drug-likeness (QED) is 0.946. The number of halogens is 1. The highest BCUT2D eigenvalue weighted by atomic mass is 32.1. The first-order chi connectivity index (χ1) is 10.6. The molecule has 1 saturated heterocycles. The third-order valence-electron chi connectivity index (χ3n) is 3.90. The normalized spacial score (nSPS) is 18.0. The van der Waals surface area contributed by atoms with E-state index in [2.05, 4.69) is 4.98 Å². The van der Waals surface area contributed by atoms with Crippen LogP contribution in [-0.4, -0.2) is 40.1 Å². The highest BCUT2D eigenvalue weighted by Gasteiger charge is 2.32. The number of amides is 1. The zero-order valence-electron chi connectivity index (χ0n) is 12.3. The maximum atomic E-state index is 14.1. The molecule has 1 N–H and O–H groups in total. The van der Waals surface area contributed by atoms with Crippen molar-refractivity contribution in [3.63, 3.8) is 0 Å². The van der Waals surface area contributed by atoms with Crippen LogP contribution in [0.2, 0.25) is 0 Å². The number of hydrogen-bond acceptors (Lipinski definition) is 4. The fourth-order valence-corrected chi connectivity index (χ4v) is 3.77. The third-order valence-corrected chi connectivity index (χ3v) is 4.91. The van der Waals surface area contributed by atoms with Crippen LogP contribution in [0.25, 0.3) is 10.4 Å². The molecule has 0 bridgehead atoms. The number of likely N-dealkylation sites (tertiary alicyclic amines) is 1. The lowest BCUT2D eigenvalue weighted by atomic mass is 10.1. The topological polar surface area (TPSA) is 53.4 Å². The van der Waals surface area contributed by atoms with Gasteiger partial charge in [0.25, 0.3) is 5.91 Å². The summed E-state index contributed by atoms with van der Waals surface area (Å²) in [4.78, 5) is 19.3. The predicted molar refractivity (Wildman–Crippen MR) is 83.4 cm³/mol. The minimum atomic E-state index is -0.361. The molecule has 1 amide bonds. The molecular weight excluding hydrogens is 303 g/mol. The first-order valence-electron chi connectivity index (χ1n) is 7.26. The zero-order chi connectivity index (χ0) is 15.7. The zero-order valence-corrected chi connectivity index (χ0v) is 13.1. The van der Waals surface area contributed by atoms with Crippen LogP contribution in [0.4, 0.5) is 4.39 Å². The van der Waals surface area contributed by atoms with Crippen molar-refractivity contribution in [2.45, 2.75) is 25.8 Å². The molecule has 1 aromatic heterocycles. The molecule has 0 radical (unpaired) electrons. The van der Waals surface area contributed by atoms with Gasteiger partial charge in [-0.05, 0) is 25.8 Å². The number of nitrogens with zero attached hydrogens (tertiary/aromatic N) is 2. The van der Waals surface area contributed by atoms with E-state index in [4.69, 9.17) is 0 Å².